The Kier molecular flexibility index (Phi) is 10.8. The summed E-state index contributed by atoms with van der Waals surface area (Å²) in [4.78, 5) is 24.4. The van der Waals surface area contributed by atoms with Crippen molar-refractivity contribution >= 4 is 64.7 Å². The van der Waals surface area contributed by atoms with Crippen LogP contribution in [-0.2, 0) is 30.3 Å². The number of hydrogen-bond donors (Lipinski definition) is 4. The van der Waals surface area contributed by atoms with Crippen LogP contribution in [0.25, 0.3) is 11.4 Å². The molecule has 1 aromatic heterocycles. The Labute approximate surface area is 307 Å². The maximum atomic E-state index is 12.9. The molecule has 5 rings (SSSR count). The fraction of sp³-hybridized carbons (Fsp3) is 0.303. The number of anilines is 2. The maximum Gasteiger partial charge on any atom is 0.294 e. The van der Waals surface area contributed by atoms with Gasteiger partial charge in [-0.1, -0.05) is 20.8 Å². The molecule has 3 aromatic carbocycles. The van der Waals surface area contributed by atoms with Gasteiger partial charge in [-0.25, -0.2) is 23.1 Å². The van der Waals surface area contributed by atoms with E-state index in [4.69, 9.17) is 15.1 Å². The van der Waals surface area contributed by atoms with E-state index in [2.05, 4.69) is 20.0 Å². The minimum absolute atomic E-state index is 0.249. The monoisotopic (exact) mass is 786 g/mol. The molecule has 0 aliphatic carbocycles. The Morgan fingerprint density at radius 1 is 0.925 bits per heavy atom. The van der Waals surface area contributed by atoms with Gasteiger partial charge in [0.15, 0.2) is 5.82 Å². The van der Waals surface area contributed by atoms with Crippen molar-refractivity contribution in [1.29, 1.82) is 0 Å². The lowest BCUT2D eigenvalue weighted by Crippen LogP contribution is -2.34. The largest absolute Gasteiger partial charge is 0.370 e. The van der Waals surface area contributed by atoms with Crippen LogP contribution >= 0.6 is 0 Å². The summed E-state index contributed by atoms with van der Waals surface area (Å²) >= 11 is 0. The first-order chi connectivity index (χ1) is 24.5. The van der Waals surface area contributed by atoms with Crippen LogP contribution in [0.3, 0.4) is 0 Å². The topological polar surface area (TPSA) is 243 Å². The van der Waals surface area contributed by atoms with Crippen LogP contribution in [0.2, 0.25) is 0 Å². The summed E-state index contributed by atoms with van der Waals surface area (Å²) in [5.41, 5.74) is 3.65. The minimum Gasteiger partial charge on any atom is -0.370 e. The van der Waals surface area contributed by atoms with Gasteiger partial charge in [-0.2, -0.15) is 21.9 Å². The highest BCUT2D eigenvalue weighted by Gasteiger charge is 2.35. The molecule has 2 heterocycles. The fourth-order valence-electron chi connectivity index (χ4n) is 5.32. The Morgan fingerprint density at radius 3 is 2.08 bits per heavy atom. The third-order valence-corrected chi connectivity index (χ3v) is 10.4. The number of likely N-dealkylation sites (N-methyl/N-ethyl adjacent to an activating group) is 1. The van der Waals surface area contributed by atoms with Crippen molar-refractivity contribution < 1.29 is 39.2 Å². The number of rotatable bonds is 12. The molecule has 282 valence electrons. The van der Waals surface area contributed by atoms with Gasteiger partial charge in [0.1, 0.15) is 5.71 Å². The zero-order valence-corrected chi connectivity index (χ0v) is 32.0. The van der Waals surface area contributed by atoms with Gasteiger partial charge in [0.05, 0.1) is 27.4 Å². The molecular weight excluding hydrogens is 749 g/mol. The molecule has 53 heavy (non-hydrogen) atoms. The minimum atomic E-state index is -4.91. The average molecular weight is 787 g/mol. The van der Waals surface area contributed by atoms with Crippen molar-refractivity contribution in [1.82, 2.24) is 19.6 Å². The van der Waals surface area contributed by atoms with Gasteiger partial charge in [-0.3, -0.25) is 13.9 Å². The first-order valence-corrected chi connectivity index (χ1v) is 20.8. The zero-order chi connectivity index (χ0) is 39.1. The molecule has 4 N–H and O–H groups in total. The van der Waals surface area contributed by atoms with Crippen LogP contribution in [-0.4, -0.2) is 92.5 Å². The molecule has 4 aromatic rings. The van der Waals surface area contributed by atoms with Crippen LogP contribution in [0.5, 0.6) is 0 Å². The molecule has 1 amide bonds. The van der Waals surface area contributed by atoms with E-state index < -0.39 is 56.9 Å². The average Bonchev–Trinajstić information content (AvgIpc) is 3.62. The predicted molar refractivity (Wildman–Crippen MR) is 200 cm³/mol. The molecule has 17 nitrogen and oxygen atoms in total. The van der Waals surface area contributed by atoms with Gasteiger partial charge in [0.2, 0.25) is 15.8 Å². The standard InChI is InChI=1S/C33H38N8O9S3/c1-7-40(15-14-34-51(6,43)44)24-12-13-27(20(2)16-24)36-28-29(33(3,4)5)38-41-31(28)37-30(39-41)21-8-10-23(11-9-21)35-32(42)22-17-25(52(45,46)47)19-26(18-22)53(48,49)50/h8-13,16-19,34H,7,14-15H2,1-6H3,(H,35,42)(H,45,46,47)(H,48,49,50). The first-order valence-electron chi connectivity index (χ1n) is 16.0. The normalized spacial score (nSPS) is 14.3. The second-order valence-electron chi connectivity index (χ2n) is 13.2. The van der Waals surface area contributed by atoms with Gasteiger partial charge < -0.3 is 10.2 Å². The number of carbonyl (C=O) groups excluding carboxylic acids is 1. The molecule has 1 aliphatic rings. The molecule has 20 heteroatoms. The molecule has 0 atom stereocenters. The molecule has 0 fully saturated rings. The lowest BCUT2D eigenvalue weighted by molar-refractivity contribution is 0.102. The summed E-state index contributed by atoms with van der Waals surface area (Å²) in [5, 5.41) is 11.8. The van der Waals surface area contributed by atoms with Crippen LogP contribution in [0, 0.1) is 12.3 Å². The Morgan fingerprint density at radius 2 is 1.55 bits per heavy atom. The highest BCUT2D eigenvalue weighted by atomic mass is 32.2. The van der Waals surface area contributed by atoms with Crippen LogP contribution in [0.4, 0.5) is 17.1 Å². The summed E-state index contributed by atoms with van der Waals surface area (Å²) in [6, 6.07) is 14.2. The Hall–Kier alpha value is -4.86. The smallest absolute Gasteiger partial charge is 0.294 e. The molecule has 0 saturated heterocycles. The van der Waals surface area contributed by atoms with Crippen molar-refractivity contribution in [2.24, 2.45) is 15.5 Å². The van der Waals surface area contributed by atoms with Gasteiger partial charge in [-0.15, -0.1) is 9.89 Å². The van der Waals surface area contributed by atoms with Gasteiger partial charge in [0, 0.05) is 47.6 Å². The second-order valence-corrected chi connectivity index (χ2v) is 17.9. The Bertz CT molecular complexity index is 2440. The number of nitrogens with zero attached hydrogens (tertiary/aromatic N) is 6. The van der Waals surface area contributed by atoms with Crippen LogP contribution in [0.1, 0.15) is 49.4 Å². The Balaban J connectivity index is 1.40. The number of carbonyl (C=O) groups is 1. The van der Waals surface area contributed by atoms with E-state index in [1.54, 1.807) is 12.1 Å². The number of aryl methyl sites for hydroxylation is 1. The van der Waals surface area contributed by atoms with E-state index in [1.165, 1.54) is 16.9 Å². The van der Waals surface area contributed by atoms with Crippen molar-refractivity contribution in [3.63, 3.8) is 0 Å². The van der Waals surface area contributed by atoms with Crippen LogP contribution < -0.4 is 14.9 Å². The third kappa shape index (κ3) is 9.39. The molecular formula is C33H38N8O9S3. The third-order valence-electron chi connectivity index (χ3n) is 7.98. The fourth-order valence-corrected chi connectivity index (χ4v) is 6.97. The molecule has 0 bridgehead atoms. The first kappa shape index (κ1) is 39.3. The molecule has 0 radical (unpaired) electrons. The quantitative estimate of drug-likeness (QED) is 0.150. The number of nitrogens with one attached hydrogen (secondary N) is 2. The highest BCUT2D eigenvalue weighted by Crippen LogP contribution is 2.31. The van der Waals surface area contributed by atoms with Gasteiger partial charge in [0.25, 0.3) is 26.1 Å². The number of aromatic nitrogens is 3. The summed E-state index contributed by atoms with van der Waals surface area (Å²) < 4.78 is 91.0. The summed E-state index contributed by atoms with van der Waals surface area (Å²) in [7, 11) is -13.1. The van der Waals surface area contributed by atoms with Crippen molar-refractivity contribution in [3.05, 3.63) is 77.6 Å². The van der Waals surface area contributed by atoms with E-state index in [0.29, 0.717) is 53.5 Å². The summed E-state index contributed by atoms with van der Waals surface area (Å²) in [6.07, 6.45) is 1.12. The number of benzene rings is 3. The van der Waals surface area contributed by atoms with E-state index in [-0.39, 0.29) is 12.2 Å². The molecule has 0 unspecified atom stereocenters. The number of aliphatic imine (C=N–C) groups is 1. The summed E-state index contributed by atoms with van der Waals surface area (Å²) in [6.45, 7) is 11.4. The molecule has 1 aliphatic heterocycles. The van der Waals surface area contributed by atoms with Crippen molar-refractivity contribution in [2.45, 2.75) is 44.4 Å². The predicted octanol–water partition coefficient (Wildman–Crippen LogP) is 3.76. The lowest BCUT2D eigenvalue weighted by atomic mass is 9.87. The second kappa shape index (κ2) is 14.5. The van der Waals surface area contributed by atoms with E-state index in [0.717, 1.165) is 29.6 Å². The van der Waals surface area contributed by atoms with Crippen molar-refractivity contribution in [3.8, 4) is 11.4 Å². The molecule has 0 spiro atoms. The number of hydrogen-bond acceptors (Lipinski definition) is 12. The van der Waals surface area contributed by atoms with E-state index >= 15 is 0 Å². The van der Waals surface area contributed by atoms with Gasteiger partial charge >= 0.3 is 0 Å². The summed E-state index contributed by atoms with van der Waals surface area (Å²) in [5.74, 6) is -0.178. The number of sulfonamides is 1. The van der Waals surface area contributed by atoms with Gasteiger partial charge in [-0.05, 0) is 80.1 Å². The van der Waals surface area contributed by atoms with E-state index in [9.17, 15) is 39.2 Å². The molecule has 0 saturated carbocycles. The highest BCUT2D eigenvalue weighted by molar-refractivity contribution is 7.88. The van der Waals surface area contributed by atoms with Crippen LogP contribution in [0.15, 0.2) is 80.5 Å². The SMILES string of the molecule is CCN(CCNS(C)(=O)=O)c1ccc(N=C2C(C(C)(C)C)=Nn3nc(-c4ccc(NC(=O)c5cc(S(=O)(=O)O)cc(S(=O)(=O)O)c5)cc4)nc32)c(C)c1. The number of amides is 1. The number of fused-ring (bicyclic) bond motifs is 1. The lowest BCUT2D eigenvalue weighted by Gasteiger charge is -2.24. The van der Waals surface area contributed by atoms with Crippen molar-refractivity contribution in [2.75, 3.05) is 36.1 Å². The van der Waals surface area contributed by atoms with E-state index in [1.807, 2.05) is 52.8 Å². The zero-order valence-electron chi connectivity index (χ0n) is 29.6. The maximum absolute atomic E-state index is 12.9.